The summed E-state index contributed by atoms with van der Waals surface area (Å²) < 4.78 is 0. The molecule has 0 radical (unpaired) electrons. The molecular weight excluding hydrogens is 200 g/mol. The third-order valence-corrected chi connectivity index (χ3v) is 1.56. The Hall–Kier alpha value is -2.24. The predicted octanol–water partition coefficient (Wildman–Crippen LogP) is 1.48. The van der Waals surface area contributed by atoms with Crippen LogP contribution in [0, 0.1) is 10.1 Å². The standard InChI is InChI=1S/C9H8N2O4/c12-9(13)3-1-2-7-4-5-8(10-6-7)11(14)15/h1-2,4-6H,3H2,(H,12,13). The zero-order valence-electron chi connectivity index (χ0n) is 7.66. The number of carboxylic acid groups (broad SMARTS) is 1. The van der Waals surface area contributed by atoms with E-state index in [1.54, 1.807) is 6.08 Å². The molecule has 6 nitrogen and oxygen atoms in total. The van der Waals surface area contributed by atoms with E-state index in [1.807, 2.05) is 0 Å². The van der Waals surface area contributed by atoms with Crippen LogP contribution in [0.4, 0.5) is 5.82 Å². The minimum atomic E-state index is -0.930. The van der Waals surface area contributed by atoms with Crippen LogP contribution in [0.25, 0.3) is 6.08 Å². The normalized spacial score (nSPS) is 10.4. The highest BCUT2D eigenvalue weighted by Crippen LogP contribution is 2.08. The molecule has 0 aliphatic heterocycles. The molecule has 1 heterocycles. The maximum Gasteiger partial charge on any atom is 0.363 e. The van der Waals surface area contributed by atoms with E-state index in [0.717, 1.165) is 0 Å². The molecule has 6 heteroatoms. The van der Waals surface area contributed by atoms with Gasteiger partial charge in [0.15, 0.2) is 0 Å². The monoisotopic (exact) mass is 208 g/mol. The molecule has 0 fully saturated rings. The Labute approximate surface area is 85.0 Å². The minimum absolute atomic E-state index is 0.0863. The zero-order valence-corrected chi connectivity index (χ0v) is 7.66. The fourth-order valence-corrected chi connectivity index (χ4v) is 0.900. The van der Waals surface area contributed by atoms with Crippen LogP contribution in [0.3, 0.4) is 0 Å². The van der Waals surface area contributed by atoms with Gasteiger partial charge >= 0.3 is 11.8 Å². The summed E-state index contributed by atoms with van der Waals surface area (Å²) in [6, 6.07) is 2.77. The first-order valence-electron chi connectivity index (χ1n) is 4.08. The highest BCUT2D eigenvalue weighted by atomic mass is 16.6. The van der Waals surface area contributed by atoms with Crippen molar-refractivity contribution in [3.05, 3.63) is 40.1 Å². The van der Waals surface area contributed by atoms with Crippen LogP contribution in [-0.2, 0) is 4.79 Å². The lowest BCUT2D eigenvalue weighted by atomic mass is 10.2. The van der Waals surface area contributed by atoms with Gasteiger partial charge in [0.05, 0.1) is 6.42 Å². The summed E-state index contributed by atoms with van der Waals surface area (Å²) in [7, 11) is 0. The lowest BCUT2D eigenvalue weighted by molar-refractivity contribution is -0.389. The second-order valence-electron chi connectivity index (χ2n) is 2.71. The highest BCUT2D eigenvalue weighted by molar-refractivity contribution is 5.70. The molecule has 1 aromatic heterocycles. The van der Waals surface area contributed by atoms with Crippen molar-refractivity contribution in [3.8, 4) is 0 Å². The lowest BCUT2D eigenvalue weighted by Gasteiger charge is -1.91. The molecule has 1 aromatic rings. The topological polar surface area (TPSA) is 93.3 Å². The molecule has 1 rings (SSSR count). The predicted molar refractivity (Wildman–Crippen MR) is 52.2 cm³/mol. The van der Waals surface area contributed by atoms with E-state index < -0.39 is 10.9 Å². The summed E-state index contributed by atoms with van der Waals surface area (Å²) in [4.78, 5) is 23.4. The smallest absolute Gasteiger partial charge is 0.363 e. The van der Waals surface area contributed by atoms with Crippen LogP contribution in [-0.4, -0.2) is 21.0 Å². The van der Waals surface area contributed by atoms with Gasteiger partial charge in [0.1, 0.15) is 6.20 Å². The molecule has 1 N–H and O–H groups in total. The van der Waals surface area contributed by atoms with Gasteiger partial charge in [-0.1, -0.05) is 12.2 Å². The highest BCUT2D eigenvalue weighted by Gasteiger charge is 2.04. The maximum atomic E-state index is 10.3. The van der Waals surface area contributed by atoms with E-state index >= 15 is 0 Å². The quantitative estimate of drug-likeness (QED) is 0.597. The number of aliphatic carboxylic acids is 1. The van der Waals surface area contributed by atoms with Crippen LogP contribution in [0.5, 0.6) is 0 Å². The molecule has 0 aliphatic carbocycles. The van der Waals surface area contributed by atoms with E-state index in [1.165, 1.54) is 24.4 Å². The van der Waals surface area contributed by atoms with Crippen molar-refractivity contribution in [2.75, 3.05) is 0 Å². The number of carbonyl (C=O) groups is 1. The Balaban J connectivity index is 2.68. The summed E-state index contributed by atoms with van der Waals surface area (Å²) >= 11 is 0. The van der Waals surface area contributed by atoms with Crippen molar-refractivity contribution in [2.24, 2.45) is 0 Å². The van der Waals surface area contributed by atoms with Gasteiger partial charge in [-0.15, -0.1) is 0 Å². The number of pyridine rings is 1. The van der Waals surface area contributed by atoms with Crippen molar-refractivity contribution in [3.63, 3.8) is 0 Å². The van der Waals surface area contributed by atoms with E-state index in [2.05, 4.69) is 4.98 Å². The van der Waals surface area contributed by atoms with Gasteiger partial charge in [-0.2, -0.15) is 0 Å². The van der Waals surface area contributed by atoms with Gasteiger partial charge in [0.25, 0.3) is 0 Å². The minimum Gasteiger partial charge on any atom is -0.481 e. The van der Waals surface area contributed by atoms with Gasteiger partial charge in [-0.25, -0.2) is 0 Å². The largest absolute Gasteiger partial charge is 0.481 e. The summed E-state index contributed by atoms with van der Waals surface area (Å²) in [5.41, 5.74) is 0.627. The average molecular weight is 208 g/mol. The molecule has 0 saturated carbocycles. The molecule has 78 valence electrons. The number of nitro groups is 1. The molecule has 0 bridgehead atoms. The molecule has 0 amide bonds. The Kier molecular flexibility index (Phi) is 3.50. The van der Waals surface area contributed by atoms with Crippen LogP contribution in [0.15, 0.2) is 24.4 Å². The third kappa shape index (κ3) is 3.55. The summed E-state index contributed by atoms with van der Waals surface area (Å²) in [5.74, 6) is -1.16. The molecule has 0 spiro atoms. The fraction of sp³-hybridized carbons (Fsp3) is 0.111. The van der Waals surface area contributed by atoms with Crippen molar-refractivity contribution in [1.29, 1.82) is 0 Å². The lowest BCUT2D eigenvalue weighted by Crippen LogP contribution is -1.91. The molecule has 0 aromatic carbocycles. The first-order valence-corrected chi connectivity index (χ1v) is 4.08. The number of nitrogens with zero attached hydrogens (tertiary/aromatic N) is 2. The average Bonchev–Trinajstić information content (AvgIpc) is 2.18. The number of aromatic nitrogens is 1. The Morgan fingerprint density at radius 3 is 2.80 bits per heavy atom. The number of carboxylic acids is 1. The van der Waals surface area contributed by atoms with Crippen LogP contribution < -0.4 is 0 Å². The van der Waals surface area contributed by atoms with Gasteiger partial charge in [-0.3, -0.25) is 4.79 Å². The number of rotatable bonds is 4. The molecule has 0 aliphatic rings. The van der Waals surface area contributed by atoms with Gasteiger partial charge < -0.3 is 15.2 Å². The molecule has 0 saturated heterocycles. The second-order valence-corrected chi connectivity index (χ2v) is 2.71. The SMILES string of the molecule is O=C(O)CC=Cc1ccc([N+](=O)[O-])nc1. The summed E-state index contributed by atoms with van der Waals surface area (Å²) in [6.07, 6.45) is 4.23. The van der Waals surface area contributed by atoms with Crippen LogP contribution >= 0.6 is 0 Å². The third-order valence-electron chi connectivity index (χ3n) is 1.56. The van der Waals surface area contributed by atoms with Crippen molar-refractivity contribution >= 4 is 17.9 Å². The van der Waals surface area contributed by atoms with Crippen LogP contribution in [0.1, 0.15) is 12.0 Å². The Morgan fingerprint density at radius 2 is 2.33 bits per heavy atom. The first kappa shape index (κ1) is 10.8. The van der Waals surface area contributed by atoms with Crippen molar-refractivity contribution in [2.45, 2.75) is 6.42 Å². The van der Waals surface area contributed by atoms with E-state index in [-0.39, 0.29) is 12.2 Å². The second kappa shape index (κ2) is 4.85. The van der Waals surface area contributed by atoms with E-state index in [4.69, 9.17) is 5.11 Å². The first-order chi connectivity index (χ1) is 7.09. The molecule has 0 atom stereocenters. The number of hydrogen-bond acceptors (Lipinski definition) is 4. The zero-order chi connectivity index (χ0) is 11.3. The van der Waals surface area contributed by atoms with Crippen molar-refractivity contribution < 1.29 is 14.8 Å². The number of hydrogen-bond donors (Lipinski definition) is 1. The van der Waals surface area contributed by atoms with Gasteiger partial charge in [0.2, 0.25) is 0 Å². The molecular formula is C9H8N2O4. The van der Waals surface area contributed by atoms with Gasteiger partial charge in [0, 0.05) is 11.6 Å². The maximum absolute atomic E-state index is 10.3. The molecule has 0 unspecified atom stereocenters. The Bertz CT molecular complexity index is 397. The fourth-order valence-electron chi connectivity index (χ4n) is 0.900. The summed E-state index contributed by atoms with van der Waals surface area (Å²) in [5, 5.41) is 18.6. The molecule has 15 heavy (non-hydrogen) atoms. The van der Waals surface area contributed by atoms with E-state index in [9.17, 15) is 14.9 Å². The summed E-state index contributed by atoms with van der Waals surface area (Å²) in [6.45, 7) is 0. The Morgan fingerprint density at radius 1 is 1.60 bits per heavy atom. The van der Waals surface area contributed by atoms with Crippen LogP contribution in [0.2, 0.25) is 0 Å². The van der Waals surface area contributed by atoms with E-state index in [0.29, 0.717) is 5.56 Å². The van der Waals surface area contributed by atoms with Gasteiger partial charge in [-0.05, 0) is 16.0 Å². The van der Waals surface area contributed by atoms with Crippen molar-refractivity contribution in [1.82, 2.24) is 4.98 Å².